The Balaban J connectivity index is 2.03. The Bertz CT molecular complexity index is 314. The molecule has 0 N–H and O–H groups in total. The number of hydrogen-bond donors (Lipinski definition) is 0. The Morgan fingerprint density at radius 1 is 1.18 bits per heavy atom. The number of unbranched alkanes of at least 4 members (excludes halogenated alkanes) is 1. The Morgan fingerprint density at radius 2 is 1.88 bits per heavy atom. The topological polar surface area (TPSA) is 0 Å². The van der Waals surface area contributed by atoms with Crippen molar-refractivity contribution in [2.45, 2.75) is 45.6 Å². The van der Waals surface area contributed by atoms with Gasteiger partial charge in [-0.15, -0.1) is 0 Å². The van der Waals surface area contributed by atoms with E-state index < -0.39 is 0 Å². The van der Waals surface area contributed by atoms with Gasteiger partial charge in [0.1, 0.15) is 0 Å². The van der Waals surface area contributed by atoms with Crippen LogP contribution < -0.4 is 5.19 Å². The van der Waals surface area contributed by atoms with Crippen LogP contribution >= 0.6 is 0 Å². The molecule has 17 heavy (non-hydrogen) atoms. The van der Waals surface area contributed by atoms with Crippen LogP contribution in [-0.2, 0) is 0 Å². The van der Waals surface area contributed by atoms with Crippen molar-refractivity contribution >= 4 is 14.7 Å². The molecule has 0 spiro atoms. The van der Waals surface area contributed by atoms with Gasteiger partial charge < -0.3 is 0 Å². The fourth-order valence-corrected chi connectivity index (χ4v) is 3.11. The zero-order valence-corrected chi connectivity index (χ0v) is 12.2. The Morgan fingerprint density at radius 3 is 2.53 bits per heavy atom. The van der Waals surface area contributed by atoms with Crippen LogP contribution in [0, 0.1) is 5.92 Å². The monoisotopic (exact) mass is 244 g/mol. The Labute approximate surface area is 109 Å². The second-order valence-corrected chi connectivity index (χ2v) is 6.53. The maximum Gasteiger partial charge on any atom is 0.0807 e. The van der Waals surface area contributed by atoms with E-state index in [9.17, 15) is 0 Å². The third-order valence-electron chi connectivity index (χ3n) is 2.76. The summed E-state index contributed by atoms with van der Waals surface area (Å²) in [6.07, 6.45) is 5.06. The summed E-state index contributed by atoms with van der Waals surface area (Å²) >= 11 is 0. The molecular formula is C16H24Si. The minimum absolute atomic E-state index is 0.758. The molecule has 0 nitrogen and oxygen atoms in total. The summed E-state index contributed by atoms with van der Waals surface area (Å²) in [6.45, 7) is 8.68. The van der Waals surface area contributed by atoms with Crippen molar-refractivity contribution in [1.82, 2.24) is 0 Å². The third-order valence-corrected chi connectivity index (χ3v) is 4.10. The van der Waals surface area contributed by atoms with E-state index in [0.717, 1.165) is 15.4 Å². The van der Waals surface area contributed by atoms with E-state index >= 15 is 0 Å². The highest BCUT2D eigenvalue weighted by Crippen LogP contribution is 2.15. The lowest BCUT2D eigenvalue weighted by Gasteiger charge is -2.08. The summed E-state index contributed by atoms with van der Waals surface area (Å²) in [4.78, 5) is 0. The minimum Gasteiger partial charge on any atom is -0.0999 e. The molecule has 0 amide bonds. The van der Waals surface area contributed by atoms with E-state index in [1.807, 2.05) is 0 Å². The van der Waals surface area contributed by atoms with Crippen LogP contribution in [0.15, 0.2) is 42.5 Å². The van der Waals surface area contributed by atoms with Gasteiger partial charge in [0.2, 0.25) is 0 Å². The van der Waals surface area contributed by atoms with Crippen LogP contribution in [0.4, 0.5) is 0 Å². The van der Waals surface area contributed by atoms with Crippen LogP contribution in [0.5, 0.6) is 0 Å². The zero-order chi connectivity index (χ0) is 12.5. The normalized spacial score (nSPS) is 10.8. The lowest BCUT2D eigenvalue weighted by Crippen LogP contribution is -2.12. The van der Waals surface area contributed by atoms with E-state index in [4.69, 9.17) is 0 Å². The molecule has 0 aliphatic carbocycles. The average Bonchev–Trinajstić information content (AvgIpc) is 2.29. The SMILES string of the molecule is C=C(CCCC[Si]c1ccccc1)CC(C)C. The van der Waals surface area contributed by atoms with Gasteiger partial charge in [0.25, 0.3) is 0 Å². The molecule has 0 bridgehead atoms. The van der Waals surface area contributed by atoms with E-state index in [2.05, 4.69) is 50.8 Å². The lowest BCUT2D eigenvalue weighted by molar-refractivity contribution is 0.615. The first-order chi connectivity index (χ1) is 8.18. The van der Waals surface area contributed by atoms with E-state index in [0.29, 0.717) is 0 Å². The van der Waals surface area contributed by atoms with Gasteiger partial charge in [-0.2, -0.15) is 0 Å². The minimum atomic E-state index is 0.758. The molecule has 2 radical (unpaired) electrons. The first kappa shape index (κ1) is 14.2. The molecule has 0 unspecified atom stereocenters. The summed E-state index contributed by atoms with van der Waals surface area (Å²) in [5.74, 6) is 0.758. The number of hydrogen-bond acceptors (Lipinski definition) is 0. The molecule has 0 aliphatic heterocycles. The van der Waals surface area contributed by atoms with E-state index in [1.54, 1.807) is 0 Å². The highest BCUT2D eigenvalue weighted by molar-refractivity contribution is 6.53. The first-order valence-electron chi connectivity index (χ1n) is 6.64. The summed E-state index contributed by atoms with van der Waals surface area (Å²) in [7, 11) is 0.974. The molecule has 0 saturated carbocycles. The van der Waals surface area contributed by atoms with Crippen molar-refractivity contribution < 1.29 is 0 Å². The lowest BCUT2D eigenvalue weighted by atomic mass is 10.0. The molecule has 0 atom stereocenters. The molecule has 0 fully saturated rings. The van der Waals surface area contributed by atoms with Gasteiger partial charge in [-0.25, -0.2) is 0 Å². The van der Waals surface area contributed by atoms with Gasteiger partial charge in [0, 0.05) is 0 Å². The largest absolute Gasteiger partial charge is 0.0999 e. The molecule has 1 aromatic carbocycles. The molecule has 1 aromatic rings. The molecule has 0 aliphatic rings. The molecule has 1 heteroatoms. The fraction of sp³-hybridized carbons (Fsp3) is 0.500. The molecule has 0 heterocycles. The average molecular weight is 244 g/mol. The van der Waals surface area contributed by atoms with Crippen molar-refractivity contribution in [3.8, 4) is 0 Å². The van der Waals surface area contributed by atoms with E-state index in [-0.39, 0.29) is 0 Å². The van der Waals surface area contributed by atoms with E-state index in [1.165, 1.54) is 42.5 Å². The van der Waals surface area contributed by atoms with Crippen LogP contribution in [0.1, 0.15) is 39.5 Å². The zero-order valence-electron chi connectivity index (χ0n) is 11.2. The standard InChI is InChI=1S/C16H24Si/c1-14(2)13-15(3)9-7-8-12-17-16-10-5-4-6-11-16/h4-6,10-11,14H,3,7-9,12-13H2,1-2H3. The van der Waals surface area contributed by atoms with Crippen molar-refractivity contribution in [3.05, 3.63) is 42.5 Å². The van der Waals surface area contributed by atoms with Crippen LogP contribution in [0.25, 0.3) is 0 Å². The van der Waals surface area contributed by atoms with Crippen molar-refractivity contribution in [2.75, 3.05) is 0 Å². The van der Waals surface area contributed by atoms with Gasteiger partial charge in [0.05, 0.1) is 9.52 Å². The van der Waals surface area contributed by atoms with Gasteiger partial charge >= 0.3 is 0 Å². The Hall–Kier alpha value is -0.823. The summed E-state index contributed by atoms with van der Waals surface area (Å²) < 4.78 is 0. The van der Waals surface area contributed by atoms with Crippen molar-refractivity contribution in [3.63, 3.8) is 0 Å². The van der Waals surface area contributed by atoms with Crippen LogP contribution in [-0.4, -0.2) is 9.52 Å². The van der Waals surface area contributed by atoms with Crippen molar-refractivity contribution in [1.29, 1.82) is 0 Å². The van der Waals surface area contributed by atoms with Gasteiger partial charge in [-0.3, -0.25) is 0 Å². The second kappa shape index (κ2) is 8.29. The highest BCUT2D eigenvalue weighted by Gasteiger charge is 1.99. The summed E-state index contributed by atoms with van der Waals surface area (Å²) in [5.41, 5.74) is 1.43. The smallest absolute Gasteiger partial charge is 0.0807 e. The maximum atomic E-state index is 4.15. The predicted octanol–water partition coefficient (Wildman–Crippen LogP) is 4.21. The second-order valence-electron chi connectivity index (χ2n) is 5.10. The third kappa shape index (κ3) is 7.17. The number of allylic oxidation sites excluding steroid dienone is 1. The maximum absolute atomic E-state index is 4.15. The number of benzene rings is 1. The molecule has 0 saturated heterocycles. The quantitative estimate of drug-likeness (QED) is 0.365. The summed E-state index contributed by atoms with van der Waals surface area (Å²) in [5, 5.41) is 1.49. The van der Waals surface area contributed by atoms with Gasteiger partial charge in [-0.1, -0.05) is 74.0 Å². The van der Waals surface area contributed by atoms with Crippen molar-refractivity contribution in [2.24, 2.45) is 5.92 Å². The molecule has 0 aromatic heterocycles. The van der Waals surface area contributed by atoms with Crippen LogP contribution in [0.3, 0.4) is 0 Å². The Kier molecular flexibility index (Phi) is 6.95. The summed E-state index contributed by atoms with van der Waals surface area (Å²) in [6, 6.07) is 12.1. The van der Waals surface area contributed by atoms with Gasteiger partial charge in [-0.05, 0) is 25.2 Å². The predicted molar refractivity (Wildman–Crippen MR) is 79.1 cm³/mol. The molecular weight excluding hydrogens is 220 g/mol. The first-order valence-corrected chi connectivity index (χ1v) is 7.84. The molecule has 1 rings (SSSR count). The van der Waals surface area contributed by atoms with Crippen LogP contribution in [0.2, 0.25) is 6.04 Å². The number of rotatable bonds is 8. The van der Waals surface area contributed by atoms with Gasteiger partial charge in [0.15, 0.2) is 0 Å². The highest BCUT2D eigenvalue weighted by atomic mass is 28.2. The molecule has 92 valence electrons. The fourth-order valence-electron chi connectivity index (χ4n) is 1.97.